The van der Waals surface area contributed by atoms with Crippen molar-refractivity contribution < 1.29 is 14.3 Å². The average Bonchev–Trinajstić information content (AvgIpc) is 2.47. The number of piperazine rings is 1. The highest BCUT2D eigenvalue weighted by molar-refractivity contribution is 5.94. The van der Waals surface area contributed by atoms with Gasteiger partial charge in [-0.1, -0.05) is 6.07 Å². The van der Waals surface area contributed by atoms with Gasteiger partial charge in [-0.3, -0.25) is 19.9 Å². The molecule has 0 radical (unpaired) electrons. The van der Waals surface area contributed by atoms with Gasteiger partial charge in [0.05, 0.1) is 6.54 Å². The lowest BCUT2D eigenvalue weighted by Gasteiger charge is -2.26. The number of hydrazine groups is 1. The Kier molecular flexibility index (Phi) is 4.91. The Bertz CT molecular complexity index is 492. The summed E-state index contributed by atoms with van der Waals surface area (Å²) in [4.78, 5) is 24.6. The Hall–Kier alpha value is -2.12. The van der Waals surface area contributed by atoms with Crippen LogP contribution in [0.4, 0.5) is 0 Å². The monoisotopic (exact) mass is 278 g/mol. The summed E-state index contributed by atoms with van der Waals surface area (Å²) >= 11 is 0. The summed E-state index contributed by atoms with van der Waals surface area (Å²) in [6.07, 6.45) is 0. The summed E-state index contributed by atoms with van der Waals surface area (Å²) in [5, 5.41) is 2.77. The van der Waals surface area contributed by atoms with E-state index in [2.05, 4.69) is 10.7 Å². The number of amides is 2. The number of nitrogens with one attached hydrogen (secondary N) is 2. The molecule has 2 amide bonds. The molecule has 1 fully saturated rings. The van der Waals surface area contributed by atoms with E-state index in [1.165, 1.54) is 0 Å². The van der Waals surface area contributed by atoms with Crippen molar-refractivity contribution >= 4 is 11.8 Å². The number of nitrogens with two attached hydrogens (primary N) is 1. The van der Waals surface area contributed by atoms with Crippen molar-refractivity contribution in [2.75, 3.05) is 32.8 Å². The zero-order valence-corrected chi connectivity index (χ0v) is 11.1. The van der Waals surface area contributed by atoms with Gasteiger partial charge in [0.25, 0.3) is 5.91 Å². The minimum Gasteiger partial charge on any atom is -0.492 e. The molecule has 7 nitrogen and oxygen atoms in total. The Morgan fingerprint density at radius 1 is 1.50 bits per heavy atom. The van der Waals surface area contributed by atoms with Gasteiger partial charge in [0.2, 0.25) is 5.91 Å². The average molecular weight is 278 g/mol. The highest BCUT2D eigenvalue weighted by atomic mass is 16.5. The van der Waals surface area contributed by atoms with Crippen LogP contribution in [0.5, 0.6) is 5.75 Å². The molecule has 0 aliphatic carbocycles. The van der Waals surface area contributed by atoms with E-state index in [9.17, 15) is 9.59 Å². The van der Waals surface area contributed by atoms with Crippen LogP contribution >= 0.6 is 0 Å². The summed E-state index contributed by atoms with van der Waals surface area (Å²) in [6, 6.07) is 6.79. The fourth-order valence-corrected chi connectivity index (χ4v) is 1.99. The van der Waals surface area contributed by atoms with Crippen LogP contribution in [0.1, 0.15) is 10.4 Å². The minimum atomic E-state index is -0.358. The molecule has 0 unspecified atom stereocenters. The zero-order chi connectivity index (χ0) is 14.4. The van der Waals surface area contributed by atoms with Gasteiger partial charge in [-0.05, 0) is 18.2 Å². The van der Waals surface area contributed by atoms with Crippen LogP contribution in [0.3, 0.4) is 0 Å². The van der Waals surface area contributed by atoms with Crippen LogP contribution in [-0.2, 0) is 4.79 Å². The van der Waals surface area contributed by atoms with Gasteiger partial charge in [0.1, 0.15) is 12.4 Å². The Morgan fingerprint density at radius 2 is 2.35 bits per heavy atom. The Balaban J connectivity index is 1.81. The third-order valence-corrected chi connectivity index (χ3v) is 3.02. The van der Waals surface area contributed by atoms with E-state index in [0.717, 1.165) is 6.54 Å². The van der Waals surface area contributed by atoms with Gasteiger partial charge in [0.15, 0.2) is 0 Å². The van der Waals surface area contributed by atoms with Crippen molar-refractivity contribution in [3.63, 3.8) is 0 Å². The molecule has 1 aromatic carbocycles. The van der Waals surface area contributed by atoms with E-state index in [4.69, 9.17) is 10.6 Å². The van der Waals surface area contributed by atoms with Crippen molar-refractivity contribution in [1.82, 2.24) is 15.6 Å². The fraction of sp³-hybridized carbons (Fsp3) is 0.385. The summed E-state index contributed by atoms with van der Waals surface area (Å²) in [5.74, 6) is 5.37. The van der Waals surface area contributed by atoms with E-state index in [1.54, 1.807) is 24.3 Å². The minimum absolute atomic E-state index is 0.0397. The van der Waals surface area contributed by atoms with E-state index >= 15 is 0 Å². The van der Waals surface area contributed by atoms with Gasteiger partial charge in [-0.2, -0.15) is 0 Å². The first-order chi connectivity index (χ1) is 9.69. The lowest BCUT2D eigenvalue weighted by atomic mass is 10.2. The first-order valence-corrected chi connectivity index (χ1v) is 6.42. The second kappa shape index (κ2) is 6.88. The van der Waals surface area contributed by atoms with Gasteiger partial charge >= 0.3 is 0 Å². The molecule has 0 aromatic heterocycles. The highest BCUT2D eigenvalue weighted by Crippen LogP contribution is 2.13. The molecule has 108 valence electrons. The first kappa shape index (κ1) is 14.3. The molecule has 4 N–H and O–H groups in total. The predicted molar refractivity (Wildman–Crippen MR) is 73.0 cm³/mol. The fourth-order valence-electron chi connectivity index (χ4n) is 1.99. The molecule has 1 aliphatic heterocycles. The predicted octanol–water partition coefficient (Wildman–Crippen LogP) is -0.899. The van der Waals surface area contributed by atoms with E-state index in [0.29, 0.717) is 37.6 Å². The Morgan fingerprint density at radius 3 is 3.10 bits per heavy atom. The molecular weight excluding hydrogens is 260 g/mol. The van der Waals surface area contributed by atoms with Crippen LogP contribution in [0.25, 0.3) is 0 Å². The summed E-state index contributed by atoms with van der Waals surface area (Å²) < 4.78 is 5.59. The number of ether oxygens (including phenoxy) is 1. The van der Waals surface area contributed by atoms with Crippen LogP contribution in [0.2, 0.25) is 0 Å². The third kappa shape index (κ3) is 3.94. The van der Waals surface area contributed by atoms with E-state index in [1.807, 2.05) is 4.90 Å². The molecule has 0 atom stereocenters. The third-order valence-electron chi connectivity index (χ3n) is 3.02. The molecule has 20 heavy (non-hydrogen) atoms. The van der Waals surface area contributed by atoms with Crippen molar-refractivity contribution in [2.45, 2.75) is 0 Å². The topological polar surface area (TPSA) is 96.7 Å². The zero-order valence-electron chi connectivity index (χ0n) is 11.1. The largest absolute Gasteiger partial charge is 0.492 e. The maximum absolute atomic E-state index is 11.4. The van der Waals surface area contributed by atoms with Crippen LogP contribution in [-0.4, -0.2) is 49.5 Å². The van der Waals surface area contributed by atoms with Crippen LogP contribution in [0.15, 0.2) is 24.3 Å². The number of hydrogen-bond acceptors (Lipinski definition) is 5. The molecule has 0 bridgehead atoms. The van der Waals surface area contributed by atoms with Gasteiger partial charge in [-0.25, -0.2) is 5.84 Å². The second-order valence-electron chi connectivity index (χ2n) is 4.48. The SMILES string of the molecule is NNC(=O)c1cccc(OCCN2CCNC(=O)C2)c1. The highest BCUT2D eigenvalue weighted by Gasteiger charge is 2.15. The number of benzene rings is 1. The molecule has 0 spiro atoms. The first-order valence-electron chi connectivity index (χ1n) is 6.42. The number of carbonyl (C=O) groups is 2. The normalized spacial score (nSPS) is 15.6. The molecule has 1 heterocycles. The Labute approximate surface area is 117 Å². The van der Waals surface area contributed by atoms with E-state index < -0.39 is 0 Å². The second-order valence-corrected chi connectivity index (χ2v) is 4.48. The maximum atomic E-state index is 11.4. The summed E-state index contributed by atoms with van der Waals surface area (Å²) in [6.45, 7) is 3.02. The lowest BCUT2D eigenvalue weighted by Crippen LogP contribution is -2.48. The van der Waals surface area contributed by atoms with Gasteiger partial charge in [0, 0.05) is 25.2 Å². The molecule has 0 saturated carbocycles. The summed E-state index contributed by atoms with van der Waals surface area (Å²) in [5.41, 5.74) is 2.52. The van der Waals surface area contributed by atoms with Gasteiger partial charge < -0.3 is 10.1 Å². The van der Waals surface area contributed by atoms with Gasteiger partial charge in [-0.15, -0.1) is 0 Å². The molecular formula is C13H18N4O3. The number of rotatable bonds is 5. The molecule has 1 saturated heterocycles. The number of hydrogen-bond donors (Lipinski definition) is 3. The molecule has 1 aliphatic rings. The summed E-state index contributed by atoms with van der Waals surface area (Å²) in [7, 11) is 0. The standard InChI is InChI=1S/C13H18N4O3/c14-16-13(19)10-2-1-3-11(8-10)20-7-6-17-5-4-15-12(18)9-17/h1-3,8H,4-7,9,14H2,(H,15,18)(H,16,19). The smallest absolute Gasteiger partial charge is 0.265 e. The van der Waals surface area contributed by atoms with E-state index in [-0.39, 0.29) is 11.8 Å². The quantitative estimate of drug-likeness (QED) is 0.368. The van der Waals surface area contributed by atoms with Crippen molar-refractivity contribution in [1.29, 1.82) is 0 Å². The van der Waals surface area contributed by atoms with Crippen LogP contribution < -0.4 is 21.3 Å². The number of nitrogen functional groups attached to an aromatic ring is 1. The number of nitrogens with zero attached hydrogens (tertiary/aromatic N) is 1. The molecule has 2 rings (SSSR count). The maximum Gasteiger partial charge on any atom is 0.265 e. The number of carbonyl (C=O) groups excluding carboxylic acids is 2. The lowest BCUT2D eigenvalue weighted by molar-refractivity contribution is -0.124. The van der Waals surface area contributed by atoms with Crippen molar-refractivity contribution in [3.05, 3.63) is 29.8 Å². The molecule has 7 heteroatoms. The van der Waals surface area contributed by atoms with Crippen LogP contribution in [0, 0.1) is 0 Å². The van der Waals surface area contributed by atoms with Crippen molar-refractivity contribution in [3.8, 4) is 5.75 Å². The molecule has 1 aromatic rings. The van der Waals surface area contributed by atoms with Crippen molar-refractivity contribution in [2.24, 2.45) is 5.84 Å².